The van der Waals surface area contributed by atoms with Crippen LogP contribution in [0.15, 0.2) is 84.9 Å². The molecule has 0 aliphatic carbocycles. The summed E-state index contributed by atoms with van der Waals surface area (Å²) in [6, 6.07) is 26.3. The van der Waals surface area contributed by atoms with Gasteiger partial charge in [0.25, 0.3) is 5.91 Å². The van der Waals surface area contributed by atoms with Gasteiger partial charge >= 0.3 is 5.97 Å². The number of amides is 1. The Bertz CT molecular complexity index is 973. The van der Waals surface area contributed by atoms with E-state index in [2.05, 4.69) is 5.32 Å². The van der Waals surface area contributed by atoms with E-state index in [1.807, 2.05) is 86.6 Å². The molecular formula is C25H26N2O4. The lowest BCUT2D eigenvalue weighted by Gasteiger charge is -2.26. The predicted molar refractivity (Wildman–Crippen MR) is 122 cm³/mol. The molecule has 0 saturated heterocycles. The Morgan fingerprint density at radius 1 is 0.806 bits per heavy atom. The summed E-state index contributed by atoms with van der Waals surface area (Å²) in [7, 11) is 0. The molecule has 31 heavy (non-hydrogen) atoms. The second-order valence-corrected chi connectivity index (χ2v) is 7.16. The first-order chi connectivity index (χ1) is 15.0. The summed E-state index contributed by atoms with van der Waals surface area (Å²) in [6.07, 6.45) is 0. The summed E-state index contributed by atoms with van der Waals surface area (Å²) in [5, 5.41) is 3.27. The molecule has 6 nitrogen and oxygen atoms in total. The first-order valence-corrected chi connectivity index (χ1v) is 10.1. The lowest BCUT2D eigenvalue weighted by atomic mass is 10.2. The third kappa shape index (κ3) is 6.60. The minimum Gasteiger partial charge on any atom is -0.482 e. The Labute approximate surface area is 182 Å². The van der Waals surface area contributed by atoms with Gasteiger partial charge in [0.15, 0.2) is 13.2 Å². The van der Waals surface area contributed by atoms with Gasteiger partial charge in [-0.1, -0.05) is 36.4 Å². The van der Waals surface area contributed by atoms with E-state index in [1.165, 1.54) is 0 Å². The van der Waals surface area contributed by atoms with E-state index in [4.69, 9.17) is 9.47 Å². The van der Waals surface area contributed by atoms with Crippen molar-refractivity contribution in [2.24, 2.45) is 0 Å². The first kappa shape index (κ1) is 21.9. The van der Waals surface area contributed by atoms with E-state index in [9.17, 15) is 9.59 Å². The zero-order chi connectivity index (χ0) is 22.1. The number of carbonyl (C=O) groups excluding carboxylic acids is 2. The largest absolute Gasteiger partial charge is 0.482 e. The molecule has 0 aromatic heterocycles. The van der Waals surface area contributed by atoms with Gasteiger partial charge in [-0.2, -0.15) is 0 Å². The van der Waals surface area contributed by atoms with Crippen molar-refractivity contribution < 1.29 is 19.1 Å². The van der Waals surface area contributed by atoms with E-state index in [0.29, 0.717) is 5.75 Å². The lowest BCUT2D eigenvalue weighted by Crippen LogP contribution is -2.40. The summed E-state index contributed by atoms with van der Waals surface area (Å²) in [4.78, 5) is 26.2. The van der Waals surface area contributed by atoms with Crippen molar-refractivity contribution in [3.05, 3.63) is 84.9 Å². The Kier molecular flexibility index (Phi) is 7.65. The third-order valence-electron chi connectivity index (χ3n) is 4.45. The maximum Gasteiger partial charge on any atom is 0.344 e. The molecule has 0 bridgehead atoms. The standard InChI is InChI=1S/C25H26N2O4/c1-19(2)27(22-11-7-4-8-12-22)24(28)17-31-25(29)18-30-23-15-13-21(14-16-23)26-20-9-5-3-6-10-20/h3-16,19,26H,17-18H2,1-2H3. The van der Waals surface area contributed by atoms with Crippen LogP contribution in [0.25, 0.3) is 0 Å². The topological polar surface area (TPSA) is 67.9 Å². The number of ether oxygens (including phenoxy) is 2. The molecule has 0 heterocycles. The number of hydrogen-bond donors (Lipinski definition) is 1. The molecule has 3 rings (SSSR count). The number of benzene rings is 3. The Hall–Kier alpha value is -3.80. The zero-order valence-corrected chi connectivity index (χ0v) is 17.7. The molecule has 1 N–H and O–H groups in total. The fourth-order valence-corrected chi connectivity index (χ4v) is 3.04. The summed E-state index contributed by atoms with van der Waals surface area (Å²) < 4.78 is 10.6. The molecule has 1 amide bonds. The van der Waals surface area contributed by atoms with Gasteiger partial charge in [0, 0.05) is 23.1 Å². The van der Waals surface area contributed by atoms with Crippen LogP contribution in [-0.2, 0) is 14.3 Å². The van der Waals surface area contributed by atoms with Crippen LogP contribution in [0.4, 0.5) is 17.1 Å². The number of rotatable bonds is 9. The van der Waals surface area contributed by atoms with Gasteiger partial charge in [0.2, 0.25) is 0 Å². The SMILES string of the molecule is CC(C)N(C(=O)COC(=O)COc1ccc(Nc2ccccc2)cc1)c1ccccc1. The van der Waals surface area contributed by atoms with Crippen LogP contribution in [-0.4, -0.2) is 31.1 Å². The highest BCUT2D eigenvalue weighted by atomic mass is 16.6. The van der Waals surface area contributed by atoms with E-state index in [-0.39, 0.29) is 25.2 Å². The average molecular weight is 418 g/mol. The van der Waals surface area contributed by atoms with E-state index < -0.39 is 5.97 Å². The molecule has 0 aliphatic rings. The third-order valence-corrected chi connectivity index (χ3v) is 4.45. The van der Waals surface area contributed by atoms with Crippen LogP contribution < -0.4 is 15.0 Å². The highest BCUT2D eigenvalue weighted by Crippen LogP contribution is 2.20. The molecule has 0 spiro atoms. The fraction of sp³-hybridized carbons (Fsp3) is 0.200. The highest BCUT2D eigenvalue weighted by Gasteiger charge is 2.20. The molecule has 0 aliphatic heterocycles. The molecular weight excluding hydrogens is 392 g/mol. The van der Waals surface area contributed by atoms with E-state index in [1.54, 1.807) is 17.0 Å². The lowest BCUT2D eigenvalue weighted by molar-refractivity contribution is -0.149. The van der Waals surface area contributed by atoms with Gasteiger partial charge in [0.05, 0.1) is 0 Å². The van der Waals surface area contributed by atoms with Gasteiger partial charge in [-0.25, -0.2) is 4.79 Å². The molecule has 0 unspecified atom stereocenters. The molecule has 3 aromatic carbocycles. The van der Waals surface area contributed by atoms with Crippen LogP contribution in [0.3, 0.4) is 0 Å². The van der Waals surface area contributed by atoms with Gasteiger partial charge in [-0.05, 0) is 62.4 Å². The number of hydrogen-bond acceptors (Lipinski definition) is 5. The zero-order valence-electron chi connectivity index (χ0n) is 17.7. The summed E-state index contributed by atoms with van der Waals surface area (Å²) in [5.74, 6) is -0.350. The monoisotopic (exact) mass is 418 g/mol. The maximum absolute atomic E-state index is 12.6. The van der Waals surface area contributed by atoms with Crippen molar-refractivity contribution >= 4 is 28.9 Å². The van der Waals surface area contributed by atoms with E-state index in [0.717, 1.165) is 17.1 Å². The van der Waals surface area contributed by atoms with Crippen LogP contribution in [0, 0.1) is 0 Å². The highest BCUT2D eigenvalue weighted by molar-refractivity contribution is 5.95. The number of carbonyl (C=O) groups is 2. The van der Waals surface area contributed by atoms with Gasteiger partial charge in [-0.15, -0.1) is 0 Å². The van der Waals surface area contributed by atoms with Crippen LogP contribution in [0.5, 0.6) is 5.75 Å². The van der Waals surface area contributed by atoms with Crippen molar-refractivity contribution in [1.29, 1.82) is 0 Å². The maximum atomic E-state index is 12.6. The number of esters is 1. The van der Waals surface area contributed by atoms with Crippen molar-refractivity contribution in [2.45, 2.75) is 19.9 Å². The second kappa shape index (κ2) is 10.8. The Morgan fingerprint density at radius 3 is 2.00 bits per heavy atom. The second-order valence-electron chi connectivity index (χ2n) is 7.16. The Morgan fingerprint density at radius 2 is 1.39 bits per heavy atom. The van der Waals surface area contributed by atoms with Gasteiger partial charge in [-0.3, -0.25) is 4.79 Å². The van der Waals surface area contributed by atoms with Gasteiger partial charge < -0.3 is 19.7 Å². The van der Waals surface area contributed by atoms with Crippen LogP contribution in [0.2, 0.25) is 0 Å². The minimum atomic E-state index is -0.600. The number of para-hydroxylation sites is 2. The summed E-state index contributed by atoms with van der Waals surface area (Å²) >= 11 is 0. The van der Waals surface area contributed by atoms with Gasteiger partial charge in [0.1, 0.15) is 5.75 Å². The Balaban J connectivity index is 1.46. The molecule has 0 atom stereocenters. The number of nitrogens with zero attached hydrogens (tertiary/aromatic N) is 1. The van der Waals surface area contributed by atoms with Crippen LogP contribution >= 0.6 is 0 Å². The van der Waals surface area contributed by atoms with Crippen LogP contribution in [0.1, 0.15) is 13.8 Å². The van der Waals surface area contributed by atoms with Crippen molar-refractivity contribution in [1.82, 2.24) is 0 Å². The molecule has 6 heteroatoms. The van der Waals surface area contributed by atoms with Crippen molar-refractivity contribution in [3.63, 3.8) is 0 Å². The molecule has 0 fully saturated rings. The average Bonchev–Trinajstić information content (AvgIpc) is 2.78. The quantitative estimate of drug-likeness (QED) is 0.506. The predicted octanol–water partition coefficient (Wildman–Crippen LogP) is 4.79. The summed E-state index contributed by atoms with van der Waals surface area (Å²) in [5.41, 5.74) is 2.65. The minimum absolute atomic E-state index is 0.0622. The number of anilines is 3. The number of nitrogens with one attached hydrogen (secondary N) is 1. The fourth-order valence-electron chi connectivity index (χ4n) is 3.04. The molecule has 0 saturated carbocycles. The first-order valence-electron chi connectivity index (χ1n) is 10.1. The van der Waals surface area contributed by atoms with E-state index >= 15 is 0 Å². The summed E-state index contributed by atoms with van der Waals surface area (Å²) in [6.45, 7) is 3.21. The van der Waals surface area contributed by atoms with Crippen molar-refractivity contribution in [3.8, 4) is 5.75 Å². The normalized spacial score (nSPS) is 10.4. The smallest absolute Gasteiger partial charge is 0.344 e. The molecule has 3 aromatic rings. The van der Waals surface area contributed by atoms with Crippen molar-refractivity contribution in [2.75, 3.05) is 23.4 Å². The molecule has 0 radical (unpaired) electrons. The molecule has 160 valence electrons.